The van der Waals surface area contributed by atoms with Gasteiger partial charge in [0.15, 0.2) is 0 Å². The SMILES string of the molecule is CN(Cc1ccccc1)[C@@H]1[C@@H](O)[C@H](Oc2ccc(F)c(Cl)c2)C[C@H]1NC(=O)OC(C)(C)C. The first kappa shape index (κ1) is 24.3. The summed E-state index contributed by atoms with van der Waals surface area (Å²) in [7, 11) is 1.89. The molecule has 1 aliphatic carbocycles. The van der Waals surface area contributed by atoms with Crippen LogP contribution in [-0.4, -0.2) is 53.0 Å². The summed E-state index contributed by atoms with van der Waals surface area (Å²) in [4.78, 5) is 14.5. The summed E-state index contributed by atoms with van der Waals surface area (Å²) in [5, 5.41) is 14.0. The maximum Gasteiger partial charge on any atom is 0.407 e. The van der Waals surface area contributed by atoms with Gasteiger partial charge in [-0.1, -0.05) is 41.9 Å². The van der Waals surface area contributed by atoms with Crippen LogP contribution in [0.1, 0.15) is 32.8 Å². The molecule has 6 nitrogen and oxygen atoms in total. The van der Waals surface area contributed by atoms with Crippen molar-refractivity contribution in [1.82, 2.24) is 10.2 Å². The van der Waals surface area contributed by atoms with Gasteiger partial charge in [-0.25, -0.2) is 9.18 Å². The van der Waals surface area contributed by atoms with Crippen molar-refractivity contribution in [3.05, 3.63) is 64.9 Å². The standard InChI is InChI=1S/C24H30ClFN2O4/c1-24(2,3)32-23(30)27-19-13-20(31-16-10-11-18(26)17(25)12-16)22(29)21(19)28(4)14-15-8-6-5-7-9-15/h5-12,19-22,29H,13-14H2,1-4H3,(H,27,30)/t19-,20-,21+,22+/m1/s1. The molecular formula is C24H30ClFN2O4. The van der Waals surface area contributed by atoms with Gasteiger partial charge in [0.1, 0.15) is 29.4 Å². The molecule has 0 spiro atoms. The van der Waals surface area contributed by atoms with Gasteiger partial charge in [-0.05, 0) is 45.5 Å². The molecule has 174 valence electrons. The van der Waals surface area contributed by atoms with Crippen LogP contribution >= 0.6 is 11.6 Å². The molecule has 1 aliphatic rings. The quantitative estimate of drug-likeness (QED) is 0.663. The van der Waals surface area contributed by atoms with E-state index >= 15 is 0 Å². The van der Waals surface area contributed by atoms with Crippen LogP contribution in [0.2, 0.25) is 5.02 Å². The molecule has 4 atom stereocenters. The Morgan fingerprint density at radius 3 is 2.56 bits per heavy atom. The first-order valence-corrected chi connectivity index (χ1v) is 10.9. The largest absolute Gasteiger partial charge is 0.488 e. The molecule has 1 fully saturated rings. The van der Waals surface area contributed by atoms with E-state index in [4.69, 9.17) is 21.1 Å². The number of ether oxygens (including phenoxy) is 2. The molecule has 0 aliphatic heterocycles. The van der Waals surface area contributed by atoms with Gasteiger partial charge in [0, 0.05) is 19.0 Å². The third-order valence-corrected chi connectivity index (χ3v) is 5.58. The number of rotatable bonds is 6. The predicted octanol–water partition coefficient (Wildman–Crippen LogP) is 4.39. The number of nitrogens with zero attached hydrogens (tertiary/aromatic N) is 1. The molecule has 0 saturated heterocycles. The van der Waals surface area contributed by atoms with Crippen LogP contribution in [0.5, 0.6) is 5.75 Å². The van der Waals surface area contributed by atoms with Crippen LogP contribution in [0.15, 0.2) is 48.5 Å². The van der Waals surface area contributed by atoms with Gasteiger partial charge in [-0.15, -0.1) is 0 Å². The maximum atomic E-state index is 13.5. The molecule has 8 heteroatoms. The summed E-state index contributed by atoms with van der Waals surface area (Å²) in [5.74, 6) is -0.196. The fraction of sp³-hybridized carbons (Fsp3) is 0.458. The lowest BCUT2D eigenvalue weighted by molar-refractivity contribution is 0.0108. The van der Waals surface area contributed by atoms with E-state index in [2.05, 4.69) is 5.32 Å². The van der Waals surface area contributed by atoms with Crippen molar-refractivity contribution in [2.75, 3.05) is 7.05 Å². The van der Waals surface area contributed by atoms with Crippen LogP contribution in [0.4, 0.5) is 9.18 Å². The molecule has 0 aromatic heterocycles. The molecule has 0 bridgehead atoms. The number of carbonyl (C=O) groups is 1. The summed E-state index contributed by atoms with van der Waals surface area (Å²) in [5.41, 5.74) is 0.431. The lowest BCUT2D eigenvalue weighted by atomic mass is 10.1. The summed E-state index contributed by atoms with van der Waals surface area (Å²) in [6.45, 7) is 5.95. The van der Waals surface area contributed by atoms with E-state index in [1.165, 1.54) is 18.2 Å². The maximum absolute atomic E-state index is 13.5. The summed E-state index contributed by atoms with van der Waals surface area (Å²) < 4.78 is 24.9. The third kappa shape index (κ3) is 6.34. The van der Waals surface area contributed by atoms with Crippen molar-refractivity contribution >= 4 is 17.7 Å². The highest BCUT2D eigenvalue weighted by molar-refractivity contribution is 6.30. The van der Waals surface area contributed by atoms with Gasteiger partial charge in [-0.2, -0.15) is 0 Å². The highest BCUT2D eigenvalue weighted by Gasteiger charge is 2.47. The second-order valence-corrected chi connectivity index (χ2v) is 9.51. The van der Waals surface area contributed by atoms with E-state index in [-0.39, 0.29) is 5.02 Å². The average Bonchev–Trinajstić information content (AvgIpc) is 2.98. The Morgan fingerprint density at radius 2 is 1.94 bits per heavy atom. The molecule has 1 saturated carbocycles. The van der Waals surface area contributed by atoms with Gasteiger partial charge < -0.3 is 19.9 Å². The van der Waals surface area contributed by atoms with Crippen molar-refractivity contribution in [2.24, 2.45) is 0 Å². The van der Waals surface area contributed by atoms with Crippen molar-refractivity contribution in [3.63, 3.8) is 0 Å². The second kappa shape index (κ2) is 10.1. The predicted molar refractivity (Wildman–Crippen MR) is 121 cm³/mol. The van der Waals surface area contributed by atoms with Crippen molar-refractivity contribution in [2.45, 2.75) is 63.6 Å². The first-order chi connectivity index (χ1) is 15.0. The monoisotopic (exact) mass is 464 g/mol. The van der Waals surface area contributed by atoms with Crippen molar-refractivity contribution in [1.29, 1.82) is 0 Å². The number of hydrogen-bond acceptors (Lipinski definition) is 5. The molecule has 3 rings (SSSR count). The van der Waals surface area contributed by atoms with Gasteiger partial charge in [0.2, 0.25) is 0 Å². The van der Waals surface area contributed by atoms with Crippen LogP contribution < -0.4 is 10.1 Å². The number of aliphatic hydroxyl groups is 1. The number of benzene rings is 2. The molecule has 2 aromatic rings. The highest BCUT2D eigenvalue weighted by atomic mass is 35.5. The zero-order valence-corrected chi connectivity index (χ0v) is 19.5. The van der Waals surface area contributed by atoms with Crippen LogP contribution in [0.25, 0.3) is 0 Å². The molecule has 2 aromatic carbocycles. The van der Waals surface area contributed by atoms with Crippen molar-refractivity contribution < 1.29 is 23.8 Å². The Morgan fingerprint density at radius 1 is 1.25 bits per heavy atom. The van der Waals surface area contributed by atoms with Gasteiger partial charge >= 0.3 is 6.09 Å². The Bertz CT molecular complexity index is 922. The number of carbonyl (C=O) groups excluding carboxylic acids is 1. The third-order valence-electron chi connectivity index (χ3n) is 5.29. The van der Waals surface area contributed by atoms with Gasteiger partial charge in [0.05, 0.1) is 17.1 Å². The molecule has 0 heterocycles. The number of amides is 1. The summed E-state index contributed by atoms with van der Waals surface area (Å²) >= 11 is 5.86. The van der Waals surface area contributed by atoms with E-state index < -0.39 is 41.8 Å². The van der Waals surface area contributed by atoms with E-state index in [9.17, 15) is 14.3 Å². The minimum Gasteiger partial charge on any atom is -0.488 e. The first-order valence-electron chi connectivity index (χ1n) is 10.6. The second-order valence-electron chi connectivity index (χ2n) is 9.10. The Kier molecular flexibility index (Phi) is 7.64. The summed E-state index contributed by atoms with van der Waals surface area (Å²) in [6.07, 6.45) is -1.75. The Labute approximate surface area is 193 Å². The van der Waals surface area contributed by atoms with E-state index in [1.54, 1.807) is 20.8 Å². The lowest BCUT2D eigenvalue weighted by Gasteiger charge is -2.32. The van der Waals surface area contributed by atoms with Crippen molar-refractivity contribution in [3.8, 4) is 5.75 Å². The number of alkyl carbamates (subject to hydrolysis) is 1. The van der Waals surface area contributed by atoms with E-state index in [0.29, 0.717) is 18.7 Å². The molecule has 32 heavy (non-hydrogen) atoms. The van der Waals surface area contributed by atoms with E-state index in [1.807, 2.05) is 42.3 Å². The lowest BCUT2D eigenvalue weighted by Crippen LogP contribution is -2.52. The molecule has 0 radical (unpaired) electrons. The van der Waals surface area contributed by atoms with Crippen LogP contribution in [-0.2, 0) is 11.3 Å². The summed E-state index contributed by atoms with van der Waals surface area (Å²) in [6, 6.07) is 13.1. The fourth-order valence-corrected chi connectivity index (χ4v) is 4.15. The topological polar surface area (TPSA) is 71.0 Å². The Balaban J connectivity index is 1.78. The fourth-order valence-electron chi connectivity index (χ4n) is 3.98. The molecule has 1 amide bonds. The van der Waals surface area contributed by atoms with Crippen LogP contribution in [0.3, 0.4) is 0 Å². The number of likely N-dealkylation sites (N-methyl/N-ethyl adjacent to an activating group) is 1. The highest BCUT2D eigenvalue weighted by Crippen LogP contribution is 2.31. The molecule has 0 unspecified atom stereocenters. The smallest absolute Gasteiger partial charge is 0.407 e. The average molecular weight is 465 g/mol. The number of halogens is 2. The number of nitrogens with one attached hydrogen (secondary N) is 1. The number of hydrogen-bond donors (Lipinski definition) is 2. The normalized spacial score (nSPS) is 23.2. The zero-order valence-electron chi connectivity index (χ0n) is 18.7. The molecule has 2 N–H and O–H groups in total. The molecular weight excluding hydrogens is 435 g/mol. The van der Waals surface area contributed by atoms with Crippen LogP contribution in [0, 0.1) is 5.82 Å². The minimum absolute atomic E-state index is 0.0591. The Hall–Kier alpha value is -2.35. The van der Waals surface area contributed by atoms with Gasteiger partial charge in [0.25, 0.3) is 0 Å². The van der Waals surface area contributed by atoms with E-state index in [0.717, 1.165) is 5.56 Å². The number of aliphatic hydroxyl groups excluding tert-OH is 1. The van der Waals surface area contributed by atoms with Gasteiger partial charge in [-0.3, -0.25) is 4.90 Å². The zero-order chi connectivity index (χ0) is 23.5. The minimum atomic E-state index is -0.910.